The van der Waals surface area contributed by atoms with Gasteiger partial charge in [0.15, 0.2) is 0 Å². The summed E-state index contributed by atoms with van der Waals surface area (Å²) < 4.78 is 0. The molecule has 1 atom stereocenters. The van der Waals surface area contributed by atoms with Crippen LogP contribution in [-0.2, 0) is 0 Å². The fraction of sp³-hybridized carbons (Fsp3) is 0.556. The van der Waals surface area contributed by atoms with E-state index >= 15 is 0 Å². The molecule has 5 heteroatoms. The van der Waals surface area contributed by atoms with E-state index in [1.165, 1.54) is 6.20 Å². The van der Waals surface area contributed by atoms with E-state index in [4.69, 9.17) is 5.11 Å². The first kappa shape index (κ1) is 9.21. The van der Waals surface area contributed by atoms with Gasteiger partial charge in [0.05, 0.1) is 6.20 Å². The molecule has 0 bridgehead atoms. The predicted octanol–water partition coefficient (Wildman–Crippen LogP) is 0.575. The molecule has 2 rings (SSSR count). The lowest BCUT2D eigenvalue weighted by Gasteiger charge is -2.20. The van der Waals surface area contributed by atoms with Crippen LogP contribution in [0.4, 0.5) is 0 Å². The second-order valence-corrected chi connectivity index (χ2v) is 3.53. The maximum atomic E-state index is 10.6. The molecule has 1 saturated heterocycles. The summed E-state index contributed by atoms with van der Waals surface area (Å²) in [7, 11) is 0. The minimum atomic E-state index is -0.951. The van der Waals surface area contributed by atoms with Crippen molar-refractivity contribution in [2.24, 2.45) is 0 Å². The smallest absolute Gasteiger partial charge is 0.353 e. The molecule has 3 N–H and O–H groups in total. The number of imidazole rings is 1. The molecule has 0 spiro atoms. The predicted molar refractivity (Wildman–Crippen MR) is 50.4 cm³/mol. The molecule has 0 radical (unpaired) electrons. The van der Waals surface area contributed by atoms with Gasteiger partial charge in [-0.25, -0.2) is 9.78 Å². The molecule has 14 heavy (non-hydrogen) atoms. The number of rotatable bonds is 2. The molecule has 0 aromatic carbocycles. The van der Waals surface area contributed by atoms with Gasteiger partial charge in [-0.2, -0.15) is 0 Å². The SMILES string of the molecule is O=C(O)c1cnc(C2CCCNC2)[nH]1. The minimum absolute atomic E-state index is 0.172. The van der Waals surface area contributed by atoms with Crippen LogP contribution in [0.15, 0.2) is 6.20 Å². The number of nitrogens with one attached hydrogen (secondary N) is 2. The van der Waals surface area contributed by atoms with E-state index in [0.29, 0.717) is 5.92 Å². The van der Waals surface area contributed by atoms with Crippen molar-refractivity contribution in [2.75, 3.05) is 13.1 Å². The fourth-order valence-electron chi connectivity index (χ4n) is 1.74. The standard InChI is InChI=1S/C9H13N3O2/c13-9(14)7-5-11-8(12-7)6-2-1-3-10-4-6/h5-6,10H,1-4H2,(H,11,12)(H,13,14). The van der Waals surface area contributed by atoms with Crippen molar-refractivity contribution >= 4 is 5.97 Å². The van der Waals surface area contributed by atoms with Gasteiger partial charge >= 0.3 is 5.97 Å². The average molecular weight is 195 g/mol. The summed E-state index contributed by atoms with van der Waals surface area (Å²) in [6.07, 6.45) is 3.57. The third-order valence-corrected chi connectivity index (χ3v) is 2.51. The molecule has 1 aliphatic heterocycles. The van der Waals surface area contributed by atoms with Gasteiger partial charge in [-0.1, -0.05) is 0 Å². The van der Waals surface area contributed by atoms with Crippen LogP contribution < -0.4 is 5.32 Å². The third kappa shape index (κ3) is 1.77. The number of carboxylic acids is 1. The molecule has 1 aromatic rings. The van der Waals surface area contributed by atoms with E-state index in [1.54, 1.807) is 0 Å². The van der Waals surface area contributed by atoms with Crippen LogP contribution in [0.3, 0.4) is 0 Å². The molecular formula is C9H13N3O2. The number of aromatic nitrogens is 2. The molecule has 5 nitrogen and oxygen atoms in total. The molecular weight excluding hydrogens is 182 g/mol. The van der Waals surface area contributed by atoms with Crippen LogP contribution in [0.1, 0.15) is 35.1 Å². The molecule has 1 aromatic heterocycles. The molecule has 1 fully saturated rings. The minimum Gasteiger partial charge on any atom is -0.477 e. The first-order valence-corrected chi connectivity index (χ1v) is 4.76. The van der Waals surface area contributed by atoms with Gasteiger partial charge in [-0.15, -0.1) is 0 Å². The molecule has 2 heterocycles. The van der Waals surface area contributed by atoms with Gasteiger partial charge in [0.1, 0.15) is 11.5 Å². The Bertz CT molecular complexity index is 329. The van der Waals surface area contributed by atoms with Crippen molar-refractivity contribution < 1.29 is 9.90 Å². The molecule has 0 aliphatic carbocycles. The highest BCUT2D eigenvalue weighted by molar-refractivity contribution is 5.85. The van der Waals surface area contributed by atoms with Crippen LogP contribution in [0.5, 0.6) is 0 Å². The van der Waals surface area contributed by atoms with Crippen molar-refractivity contribution in [3.8, 4) is 0 Å². The summed E-state index contributed by atoms with van der Waals surface area (Å²) in [5, 5.41) is 12.0. The van der Waals surface area contributed by atoms with Crippen LogP contribution in [0, 0.1) is 0 Å². The Labute approximate surface area is 81.5 Å². The van der Waals surface area contributed by atoms with Crippen LogP contribution in [0.2, 0.25) is 0 Å². The molecule has 0 amide bonds. The van der Waals surface area contributed by atoms with Crippen LogP contribution >= 0.6 is 0 Å². The lowest BCUT2D eigenvalue weighted by molar-refractivity contribution is 0.0691. The van der Waals surface area contributed by atoms with E-state index in [0.717, 1.165) is 31.8 Å². The summed E-state index contributed by atoms with van der Waals surface area (Å²) in [6, 6.07) is 0. The van der Waals surface area contributed by atoms with Crippen LogP contribution in [-0.4, -0.2) is 34.1 Å². The van der Waals surface area contributed by atoms with Crippen molar-refractivity contribution in [1.82, 2.24) is 15.3 Å². The second kappa shape index (κ2) is 3.79. The Balaban J connectivity index is 2.11. The number of hydrogen-bond donors (Lipinski definition) is 3. The number of piperidine rings is 1. The summed E-state index contributed by atoms with van der Waals surface area (Å²) >= 11 is 0. The number of carbonyl (C=O) groups is 1. The summed E-state index contributed by atoms with van der Waals surface area (Å²) in [5.74, 6) is 0.166. The highest BCUT2D eigenvalue weighted by Crippen LogP contribution is 2.20. The second-order valence-electron chi connectivity index (χ2n) is 3.53. The van der Waals surface area contributed by atoms with Gasteiger partial charge in [-0.3, -0.25) is 0 Å². The van der Waals surface area contributed by atoms with E-state index in [1.807, 2.05) is 0 Å². The number of hydrogen-bond acceptors (Lipinski definition) is 3. The number of aromatic amines is 1. The van der Waals surface area contributed by atoms with E-state index in [9.17, 15) is 4.79 Å². The number of nitrogens with zero attached hydrogens (tertiary/aromatic N) is 1. The summed E-state index contributed by atoms with van der Waals surface area (Å²) in [4.78, 5) is 17.5. The van der Waals surface area contributed by atoms with Gasteiger partial charge in [-0.05, 0) is 19.4 Å². The van der Waals surface area contributed by atoms with Gasteiger partial charge in [0.25, 0.3) is 0 Å². The number of H-pyrrole nitrogens is 1. The zero-order valence-corrected chi connectivity index (χ0v) is 7.79. The quantitative estimate of drug-likeness (QED) is 0.645. The fourth-order valence-corrected chi connectivity index (χ4v) is 1.74. The first-order chi connectivity index (χ1) is 6.77. The van der Waals surface area contributed by atoms with Gasteiger partial charge in [0, 0.05) is 12.5 Å². The van der Waals surface area contributed by atoms with Gasteiger partial charge in [0.2, 0.25) is 0 Å². The number of aromatic carboxylic acids is 1. The topological polar surface area (TPSA) is 78.0 Å². The molecule has 0 saturated carbocycles. The lowest BCUT2D eigenvalue weighted by Crippen LogP contribution is -2.28. The largest absolute Gasteiger partial charge is 0.477 e. The maximum Gasteiger partial charge on any atom is 0.353 e. The van der Waals surface area contributed by atoms with Crippen molar-refractivity contribution in [1.29, 1.82) is 0 Å². The van der Waals surface area contributed by atoms with E-state index < -0.39 is 5.97 Å². The van der Waals surface area contributed by atoms with Crippen molar-refractivity contribution in [3.05, 3.63) is 17.7 Å². The first-order valence-electron chi connectivity index (χ1n) is 4.76. The van der Waals surface area contributed by atoms with Crippen molar-refractivity contribution in [3.63, 3.8) is 0 Å². The molecule has 76 valence electrons. The molecule has 1 aliphatic rings. The Hall–Kier alpha value is -1.36. The van der Waals surface area contributed by atoms with E-state index in [2.05, 4.69) is 15.3 Å². The van der Waals surface area contributed by atoms with Gasteiger partial charge < -0.3 is 15.4 Å². The zero-order valence-electron chi connectivity index (χ0n) is 7.79. The van der Waals surface area contributed by atoms with Crippen LogP contribution in [0.25, 0.3) is 0 Å². The summed E-state index contributed by atoms with van der Waals surface area (Å²) in [6.45, 7) is 1.93. The lowest BCUT2D eigenvalue weighted by atomic mass is 9.99. The number of carboxylic acid groups (broad SMARTS) is 1. The van der Waals surface area contributed by atoms with Crippen molar-refractivity contribution in [2.45, 2.75) is 18.8 Å². The zero-order chi connectivity index (χ0) is 9.97. The average Bonchev–Trinajstić information content (AvgIpc) is 2.68. The maximum absolute atomic E-state index is 10.6. The third-order valence-electron chi connectivity index (χ3n) is 2.51. The summed E-state index contributed by atoms with van der Waals surface area (Å²) in [5.41, 5.74) is 0.172. The van der Waals surface area contributed by atoms with E-state index in [-0.39, 0.29) is 5.69 Å². The highest BCUT2D eigenvalue weighted by Gasteiger charge is 2.19. The monoisotopic (exact) mass is 195 g/mol. The Morgan fingerprint density at radius 2 is 2.50 bits per heavy atom. The highest BCUT2D eigenvalue weighted by atomic mass is 16.4. The molecule has 1 unspecified atom stereocenters. The Morgan fingerprint density at radius 1 is 1.64 bits per heavy atom. The normalized spacial score (nSPS) is 22.1. The Kier molecular flexibility index (Phi) is 2.49. The Morgan fingerprint density at radius 3 is 3.07 bits per heavy atom.